The molecule has 2 N–H and O–H groups in total. The van der Waals surface area contributed by atoms with Gasteiger partial charge in [-0.05, 0) is 24.3 Å². The van der Waals surface area contributed by atoms with Gasteiger partial charge in [0, 0.05) is 10.8 Å². The smallest absolute Gasteiger partial charge is 0.354 e. The van der Waals surface area contributed by atoms with E-state index in [1.807, 2.05) is 0 Å². The summed E-state index contributed by atoms with van der Waals surface area (Å²) in [7, 11) is -4.63. The molecule has 2 aromatic heterocycles. The van der Waals surface area contributed by atoms with E-state index in [-0.39, 0.29) is 27.5 Å². The second kappa shape index (κ2) is 5.22. The van der Waals surface area contributed by atoms with Crippen LogP contribution in [0.5, 0.6) is 0 Å². The molecule has 3 rings (SSSR count). The van der Waals surface area contributed by atoms with Crippen LogP contribution in [0.15, 0.2) is 35.2 Å². The Morgan fingerprint density at radius 3 is 2.21 bits per heavy atom. The number of carbonyl (C=O) groups excluding carboxylic acids is 1. The normalized spacial score (nSPS) is 11.7. The van der Waals surface area contributed by atoms with Gasteiger partial charge in [0.15, 0.2) is 0 Å². The molecule has 0 aliphatic rings. The molecule has 0 bridgehead atoms. The van der Waals surface area contributed by atoms with E-state index in [0.29, 0.717) is 0 Å². The van der Waals surface area contributed by atoms with Gasteiger partial charge in [-0.1, -0.05) is 6.07 Å². The molecule has 122 valence electrons. The van der Waals surface area contributed by atoms with Crippen molar-refractivity contribution in [1.29, 1.82) is 0 Å². The van der Waals surface area contributed by atoms with Crippen LogP contribution in [-0.4, -0.2) is 40.0 Å². The molecule has 3 aromatic rings. The van der Waals surface area contributed by atoms with Crippen molar-refractivity contribution < 1.29 is 32.8 Å². The second-order valence-electron chi connectivity index (χ2n) is 4.80. The van der Waals surface area contributed by atoms with Crippen LogP contribution in [-0.2, 0) is 10.1 Å². The quantitative estimate of drug-likeness (QED) is 0.494. The average molecular weight is 347 g/mol. The molecule has 0 aliphatic heterocycles. The van der Waals surface area contributed by atoms with Crippen LogP contribution in [0, 0.1) is 0 Å². The van der Waals surface area contributed by atoms with Crippen LogP contribution in [0.25, 0.3) is 21.8 Å². The topological polar surface area (TPSA) is 158 Å². The minimum atomic E-state index is -4.63. The number of rotatable bonds is 3. The summed E-state index contributed by atoms with van der Waals surface area (Å²) in [5, 5.41) is 20.1. The Morgan fingerprint density at radius 2 is 1.62 bits per heavy atom. The Morgan fingerprint density at radius 1 is 1.00 bits per heavy atom. The van der Waals surface area contributed by atoms with Crippen LogP contribution >= 0.6 is 0 Å². The largest absolute Gasteiger partial charge is 0.543 e. The number of carboxylic acids is 2. The van der Waals surface area contributed by atoms with Crippen molar-refractivity contribution in [3.63, 3.8) is 0 Å². The molecule has 0 fully saturated rings. The van der Waals surface area contributed by atoms with Gasteiger partial charge in [-0.3, -0.25) is 4.55 Å². The number of nitrogens with zero attached hydrogens (tertiary/aromatic N) is 2. The maximum Gasteiger partial charge on any atom is 0.354 e. The lowest BCUT2D eigenvalue weighted by Crippen LogP contribution is -2.23. The summed E-state index contributed by atoms with van der Waals surface area (Å²) >= 11 is 0. The monoisotopic (exact) mass is 347 g/mol. The molecule has 1 aromatic carbocycles. The standard InChI is InChI=1S/C14H8N2O7S/c17-13(18)8-3-1-6-5-10(24(21,22)23)7-2-4-9(14(19)20)16-12(7)11(6)15-8/h1-5H,(H,17,18)(H,19,20)(H,21,22,23)/p-1. The zero-order valence-corrected chi connectivity index (χ0v) is 12.4. The number of aromatic carboxylic acids is 2. The summed E-state index contributed by atoms with van der Waals surface area (Å²) in [6.45, 7) is 0. The van der Waals surface area contributed by atoms with Crippen molar-refractivity contribution in [2.24, 2.45) is 0 Å². The first kappa shape index (κ1) is 15.8. The van der Waals surface area contributed by atoms with Gasteiger partial charge < -0.3 is 15.0 Å². The van der Waals surface area contributed by atoms with Gasteiger partial charge in [0.1, 0.15) is 10.6 Å². The van der Waals surface area contributed by atoms with E-state index in [2.05, 4.69) is 9.97 Å². The number of benzene rings is 1. The fourth-order valence-corrected chi connectivity index (χ4v) is 3.00. The van der Waals surface area contributed by atoms with Gasteiger partial charge in [0.25, 0.3) is 10.1 Å². The van der Waals surface area contributed by atoms with Crippen molar-refractivity contribution >= 4 is 43.9 Å². The maximum absolute atomic E-state index is 11.6. The number of hydrogen-bond acceptors (Lipinski definition) is 7. The van der Waals surface area contributed by atoms with Crippen LogP contribution in [0.2, 0.25) is 0 Å². The average Bonchev–Trinajstić information content (AvgIpc) is 2.51. The van der Waals surface area contributed by atoms with E-state index < -0.39 is 32.6 Å². The van der Waals surface area contributed by atoms with E-state index in [9.17, 15) is 27.7 Å². The molecule has 0 amide bonds. The fraction of sp³-hybridized carbons (Fsp3) is 0. The molecule has 0 radical (unpaired) electrons. The number of fused-ring (bicyclic) bond motifs is 3. The summed E-state index contributed by atoms with van der Waals surface area (Å²) in [6, 6.07) is 5.68. The first-order valence-corrected chi connectivity index (χ1v) is 7.79. The molecule has 24 heavy (non-hydrogen) atoms. The number of hydrogen-bond donors (Lipinski definition) is 2. The molecular formula is C14H7N2O7S-. The molecule has 10 heteroatoms. The zero-order valence-electron chi connectivity index (χ0n) is 11.6. The highest BCUT2D eigenvalue weighted by Gasteiger charge is 2.19. The Labute approximate surface area is 134 Å². The highest BCUT2D eigenvalue weighted by Crippen LogP contribution is 2.29. The molecule has 0 atom stereocenters. The van der Waals surface area contributed by atoms with Gasteiger partial charge in [-0.25, -0.2) is 14.8 Å². The molecule has 0 saturated heterocycles. The zero-order chi connectivity index (χ0) is 17.6. The lowest BCUT2D eigenvalue weighted by Gasteiger charge is -2.10. The summed E-state index contributed by atoms with van der Waals surface area (Å²) < 4.78 is 32.5. The highest BCUT2D eigenvalue weighted by molar-refractivity contribution is 7.86. The molecule has 0 spiro atoms. The van der Waals surface area contributed by atoms with E-state index in [1.165, 1.54) is 6.07 Å². The van der Waals surface area contributed by atoms with Crippen LogP contribution in [0.3, 0.4) is 0 Å². The molecule has 2 heterocycles. The predicted octanol–water partition coefficient (Wildman–Crippen LogP) is 0.0914. The van der Waals surface area contributed by atoms with Crippen LogP contribution < -0.4 is 5.11 Å². The first-order valence-electron chi connectivity index (χ1n) is 6.35. The van der Waals surface area contributed by atoms with E-state index >= 15 is 0 Å². The summed E-state index contributed by atoms with van der Waals surface area (Å²) in [5.74, 6) is -2.92. The predicted molar refractivity (Wildman–Crippen MR) is 78.1 cm³/mol. The van der Waals surface area contributed by atoms with Crippen molar-refractivity contribution in [2.75, 3.05) is 0 Å². The molecule has 0 aliphatic carbocycles. The lowest BCUT2D eigenvalue weighted by molar-refractivity contribution is -0.255. The number of aromatic nitrogens is 2. The van der Waals surface area contributed by atoms with E-state index in [1.54, 1.807) is 0 Å². The van der Waals surface area contributed by atoms with Gasteiger partial charge in [0.2, 0.25) is 0 Å². The Bertz CT molecular complexity index is 1140. The lowest BCUT2D eigenvalue weighted by atomic mass is 10.1. The number of carboxylic acid groups (broad SMARTS) is 2. The van der Waals surface area contributed by atoms with Crippen LogP contribution in [0.1, 0.15) is 21.0 Å². The summed E-state index contributed by atoms with van der Waals surface area (Å²) in [6.07, 6.45) is 0. The molecule has 0 saturated carbocycles. The van der Waals surface area contributed by atoms with E-state index in [4.69, 9.17) is 5.11 Å². The summed E-state index contributed by atoms with van der Waals surface area (Å²) in [5.41, 5.74) is -1.01. The Kier molecular flexibility index (Phi) is 3.43. The Balaban J connectivity index is 2.55. The van der Waals surface area contributed by atoms with Crippen molar-refractivity contribution in [2.45, 2.75) is 4.90 Å². The molecule has 0 unspecified atom stereocenters. The summed E-state index contributed by atoms with van der Waals surface area (Å²) in [4.78, 5) is 29.2. The Hall–Kier alpha value is -3.11. The molecule has 9 nitrogen and oxygen atoms in total. The van der Waals surface area contributed by atoms with Gasteiger partial charge in [0.05, 0.1) is 22.7 Å². The van der Waals surface area contributed by atoms with Crippen molar-refractivity contribution in [1.82, 2.24) is 9.97 Å². The van der Waals surface area contributed by atoms with E-state index in [0.717, 1.165) is 24.3 Å². The minimum absolute atomic E-state index is 0.0135. The van der Waals surface area contributed by atoms with Gasteiger partial charge >= 0.3 is 5.97 Å². The number of pyridine rings is 2. The highest BCUT2D eigenvalue weighted by atomic mass is 32.2. The maximum atomic E-state index is 11.6. The first-order chi connectivity index (χ1) is 11.2. The molecular weight excluding hydrogens is 340 g/mol. The third kappa shape index (κ3) is 2.53. The fourth-order valence-electron chi connectivity index (χ4n) is 2.28. The SMILES string of the molecule is O=C([O-])c1ccc2c(S(=O)(=O)O)cc3ccc(C(=O)O)nc3c2n1. The van der Waals surface area contributed by atoms with Crippen molar-refractivity contribution in [3.8, 4) is 0 Å². The minimum Gasteiger partial charge on any atom is -0.543 e. The third-order valence-electron chi connectivity index (χ3n) is 3.30. The van der Waals surface area contributed by atoms with Crippen LogP contribution in [0.4, 0.5) is 0 Å². The number of carbonyl (C=O) groups is 2. The van der Waals surface area contributed by atoms with Crippen molar-refractivity contribution in [3.05, 3.63) is 41.7 Å². The third-order valence-corrected chi connectivity index (χ3v) is 4.20. The van der Waals surface area contributed by atoms with Gasteiger partial charge in [-0.2, -0.15) is 8.42 Å². The second-order valence-corrected chi connectivity index (χ2v) is 6.19. The van der Waals surface area contributed by atoms with Gasteiger partial charge in [-0.15, -0.1) is 0 Å².